The van der Waals surface area contributed by atoms with Crippen molar-refractivity contribution in [3.8, 4) is 11.5 Å². The summed E-state index contributed by atoms with van der Waals surface area (Å²) >= 11 is 0. The molecule has 0 unspecified atom stereocenters. The first-order valence-corrected chi connectivity index (χ1v) is 9.32. The van der Waals surface area contributed by atoms with Crippen LogP contribution in [0.25, 0.3) is 0 Å². The van der Waals surface area contributed by atoms with E-state index >= 15 is 0 Å². The van der Waals surface area contributed by atoms with Crippen LogP contribution < -0.4 is 25.0 Å². The maximum Gasteiger partial charge on any atom is 0.251 e. The lowest BCUT2D eigenvalue weighted by Gasteiger charge is -2.33. The molecule has 0 aliphatic carbocycles. The van der Waals surface area contributed by atoms with Crippen molar-refractivity contribution in [2.75, 3.05) is 31.0 Å². The second kappa shape index (κ2) is 7.42. The van der Waals surface area contributed by atoms with E-state index in [4.69, 9.17) is 9.47 Å². The number of para-hydroxylation sites is 1. The second-order valence-corrected chi connectivity index (χ2v) is 6.91. The van der Waals surface area contributed by atoms with Crippen molar-refractivity contribution >= 4 is 23.2 Å². The molecular formula is C21H23N3O4. The van der Waals surface area contributed by atoms with Crippen molar-refractivity contribution in [2.45, 2.75) is 25.4 Å². The number of fused-ring (bicyclic) bond motifs is 3. The lowest BCUT2D eigenvalue weighted by atomic mass is 10.1. The summed E-state index contributed by atoms with van der Waals surface area (Å²) in [4.78, 5) is 27.1. The normalized spacial score (nSPS) is 17.4. The zero-order valence-electron chi connectivity index (χ0n) is 16.0. The van der Waals surface area contributed by atoms with Crippen molar-refractivity contribution in [3.05, 3.63) is 47.5 Å². The third-order valence-corrected chi connectivity index (χ3v) is 5.31. The maximum atomic E-state index is 12.7. The van der Waals surface area contributed by atoms with Gasteiger partial charge in [0.15, 0.2) is 11.5 Å². The molecule has 1 atom stereocenters. The third kappa shape index (κ3) is 3.13. The van der Waals surface area contributed by atoms with Gasteiger partial charge in [-0.3, -0.25) is 9.59 Å². The fourth-order valence-corrected chi connectivity index (χ4v) is 3.94. The first-order chi connectivity index (χ1) is 13.6. The van der Waals surface area contributed by atoms with Gasteiger partial charge in [0, 0.05) is 24.2 Å². The second-order valence-electron chi connectivity index (χ2n) is 6.91. The highest BCUT2D eigenvalue weighted by atomic mass is 16.5. The Morgan fingerprint density at radius 1 is 1.25 bits per heavy atom. The van der Waals surface area contributed by atoms with E-state index in [0.29, 0.717) is 29.3 Å². The molecule has 2 aliphatic rings. The van der Waals surface area contributed by atoms with E-state index in [1.54, 1.807) is 26.4 Å². The fraction of sp³-hybridized carbons (Fsp3) is 0.333. The van der Waals surface area contributed by atoms with Gasteiger partial charge in [0.1, 0.15) is 6.04 Å². The summed E-state index contributed by atoms with van der Waals surface area (Å²) in [6, 6.07) is 10.9. The largest absolute Gasteiger partial charge is 0.493 e. The van der Waals surface area contributed by atoms with Crippen molar-refractivity contribution in [1.82, 2.24) is 5.32 Å². The van der Waals surface area contributed by atoms with Gasteiger partial charge >= 0.3 is 0 Å². The van der Waals surface area contributed by atoms with Crippen LogP contribution in [0.3, 0.4) is 0 Å². The number of nitrogens with zero attached hydrogens (tertiary/aromatic N) is 1. The van der Waals surface area contributed by atoms with Gasteiger partial charge in [-0.1, -0.05) is 12.1 Å². The van der Waals surface area contributed by atoms with Gasteiger partial charge in [-0.25, -0.2) is 0 Å². The van der Waals surface area contributed by atoms with Crippen LogP contribution in [0.1, 0.15) is 28.8 Å². The molecule has 7 heteroatoms. The highest BCUT2D eigenvalue weighted by Crippen LogP contribution is 2.37. The average molecular weight is 381 g/mol. The standard InChI is InChI=1S/C21H23N3O4/c1-27-18-7-3-5-14(19(18)28-2)12-22-20(25)13-8-9-16-15(11-13)23-21(26)17-6-4-10-24(16)17/h3,5,7-9,11,17H,4,6,10,12H2,1-2H3,(H,22,25)(H,23,26)/t17-/m0/s1. The summed E-state index contributed by atoms with van der Waals surface area (Å²) in [5, 5.41) is 5.84. The number of anilines is 2. The number of hydrogen-bond donors (Lipinski definition) is 2. The van der Waals surface area contributed by atoms with Crippen LogP contribution in [0.5, 0.6) is 11.5 Å². The van der Waals surface area contributed by atoms with Crippen molar-refractivity contribution < 1.29 is 19.1 Å². The number of nitrogens with one attached hydrogen (secondary N) is 2. The predicted molar refractivity (Wildman–Crippen MR) is 106 cm³/mol. The first kappa shape index (κ1) is 18.2. The van der Waals surface area contributed by atoms with E-state index < -0.39 is 0 Å². The quantitative estimate of drug-likeness (QED) is 0.832. The number of benzene rings is 2. The molecule has 2 amide bonds. The van der Waals surface area contributed by atoms with Crippen LogP contribution >= 0.6 is 0 Å². The Morgan fingerprint density at radius 3 is 2.89 bits per heavy atom. The number of rotatable bonds is 5. The summed E-state index contributed by atoms with van der Waals surface area (Å²) in [6.07, 6.45) is 1.87. The molecule has 0 bridgehead atoms. The lowest BCUT2D eigenvalue weighted by Crippen LogP contribution is -2.44. The van der Waals surface area contributed by atoms with E-state index in [2.05, 4.69) is 15.5 Å². The van der Waals surface area contributed by atoms with Crippen molar-refractivity contribution in [3.63, 3.8) is 0 Å². The molecule has 1 fully saturated rings. The first-order valence-electron chi connectivity index (χ1n) is 9.32. The van der Waals surface area contributed by atoms with E-state index in [1.165, 1.54) is 0 Å². The molecule has 1 saturated heterocycles. The van der Waals surface area contributed by atoms with E-state index in [0.717, 1.165) is 30.6 Å². The minimum Gasteiger partial charge on any atom is -0.493 e. The molecule has 2 heterocycles. The lowest BCUT2D eigenvalue weighted by molar-refractivity contribution is -0.117. The van der Waals surface area contributed by atoms with Gasteiger partial charge in [0.05, 0.1) is 25.6 Å². The highest BCUT2D eigenvalue weighted by molar-refractivity contribution is 6.06. The molecule has 0 saturated carbocycles. The van der Waals surface area contributed by atoms with Gasteiger partial charge in [0.25, 0.3) is 5.91 Å². The number of ether oxygens (including phenoxy) is 2. The molecule has 2 aliphatic heterocycles. The smallest absolute Gasteiger partial charge is 0.251 e. The Morgan fingerprint density at radius 2 is 2.11 bits per heavy atom. The molecule has 7 nitrogen and oxygen atoms in total. The molecule has 0 spiro atoms. The zero-order valence-corrected chi connectivity index (χ0v) is 16.0. The number of carbonyl (C=O) groups is 2. The molecule has 4 rings (SSSR count). The van der Waals surface area contributed by atoms with Crippen LogP contribution in [0, 0.1) is 0 Å². The molecule has 2 N–H and O–H groups in total. The molecule has 2 aromatic rings. The van der Waals surface area contributed by atoms with Gasteiger partial charge in [-0.2, -0.15) is 0 Å². The van der Waals surface area contributed by atoms with E-state index in [1.807, 2.05) is 24.3 Å². The monoisotopic (exact) mass is 381 g/mol. The predicted octanol–water partition coefficient (Wildman–Crippen LogP) is 2.55. The Kier molecular flexibility index (Phi) is 4.81. The Labute approximate surface area is 163 Å². The van der Waals surface area contributed by atoms with E-state index in [9.17, 15) is 9.59 Å². The zero-order chi connectivity index (χ0) is 19.7. The minimum atomic E-state index is -0.217. The van der Waals surface area contributed by atoms with Crippen LogP contribution in [0.2, 0.25) is 0 Å². The minimum absolute atomic E-state index is 0.00340. The summed E-state index contributed by atoms with van der Waals surface area (Å²) in [5.41, 5.74) is 2.99. The number of amides is 2. The van der Waals surface area contributed by atoms with Gasteiger partial charge in [0.2, 0.25) is 5.91 Å². The Bertz CT molecular complexity index is 928. The molecule has 146 valence electrons. The summed E-state index contributed by atoms with van der Waals surface area (Å²) in [7, 11) is 3.15. The molecule has 0 radical (unpaired) electrons. The molecule has 28 heavy (non-hydrogen) atoms. The Balaban J connectivity index is 1.51. The fourth-order valence-electron chi connectivity index (χ4n) is 3.94. The summed E-state index contributed by atoms with van der Waals surface area (Å²) < 4.78 is 10.7. The van der Waals surface area contributed by atoms with Gasteiger partial charge in [-0.15, -0.1) is 0 Å². The van der Waals surface area contributed by atoms with Crippen molar-refractivity contribution in [2.24, 2.45) is 0 Å². The van der Waals surface area contributed by atoms with Crippen molar-refractivity contribution in [1.29, 1.82) is 0 Å². The molecule has 0 aromatic heterocycles. The topological polar surface area (TPSA) is 79.9 Å². The Hall–Kier alpha value is -3.22. The molecular weight excluding hydrogens is 358 g/mol. The van der Waals surface area contributed by atoms with Crippen LogP contribution in [-0.2, 0) is 11.3 Å². The number of hydrogen-bond acceptors (Lipinski definition) is 5. The van der Waals surface area contributed by atoms with E-state index in [-0.39, 0.29) is 17.9 Å². The van der Waals surface area contributed by atoms with Crippen LogP contribution in [0.4, 0.5) is 11.4 Å². The summed E-state index contributed by atoms with van der Waals surface area (Å²) in [6.45, 7) is 1.17. The number of carbonyl (C=O) groups excluding carboxylic acids is 2. The van der Waals surface area contributed by atoms with Gasteiger partial charge < -0.3 is 25.0 Å². The van der Waals surface area contributed by atoms with Crippen LogP contribution in [-0.4, -0.2) is 38.6 Å². The third-order valence-electron chi connectivity index (χ3n) is 5.31. The number of methoxy groups -OCH3 is 2. The van der Waals surface area contributed by atoms with Crippen LogP contribution in [0.15, 0.2) is 36.4 Å². The SMILES string of the molecule is COc1cccc(CNC(=O)c2ccc3c(c2)NC(=O)[C@@H]2CCCN32)c1OC. The maximum absolute atomic E-state index is 12.7. The molecule has 2 aromatic carbocycles. The van der Waals surface area contributed by atoms with Gasteiger partial charge in [-0.05, 0) is 37.1 Å². The average Bonchev–Trinajstić information content (AvgIpc) is 3.22. The highest BCUT2D eigenvalue weighted by Gasteiger charge is 2.36. The summed E-state index contributed by atoms with van der Waals surface area (Å²) in [5.74, 6) is 1.00.